The third-order valence-corrected chi connectivity index (χ3v) is 4.71. The Morgan fingerprint density at radius 2 is 2.00 bits per heavy atom. The molecular formula is C19H31N3O3. The molecule has 0 saturated heterocycles. The van der Waals surface area contributed by atoms with E-state index in [1.54, 1.807) is 4.90 Å². The van der Waals surface area contributed by atoms with Crippen LogP contribution in [-0.2, 0) is 0 Å². The van der Waals surface area contributed by atoms with Crippen molar-refractivity contribution in [3.8, 4) is 5.75 Å². The van der Waals surface area contributed by atoms with Gasteiger partial charge >= 0.3 is 0 Å². The molecule has 140 valence electrons. The number of fused-ring (bicyclic) bond motifs is 1. The maximum atomic E-state index is 13.1. The molecule has 0 unspecified atom stereocenters. The van der Waals surface area contributed by atoms with Crippen LogP contribution < -0.4 is 9.64 Å². The standard InChI is InChI=1S/C19H31N3O3/c1-13-10-22(14(2)12-23)19(24)16-9-15(21(5)6)7-8-17(16)25-18(13)11-20(3)4/h7-9,13-14,18,23H,10-12H2,1-6H3/t13-,14-,18+/m0/s1. The van der Waals surface area contributed by atoms with Crippen molar-refractivity contribution in [3.63, 3.8) is 0 Å². The summed E-state index contributed by atoms with van der Waals surface area (Å²) >= 11 is 0. The van der Waals surface area contributed by atoms with Gasteiger partial charge in [0.25, 0.3) is 5.91 Å². The van der Waals surface area contributed by atoms with E-state index in [2.05, 4.69) is 11.8 Å². The summed E-state index contributed by atoms with van der Waals surface area (Å²) in [5.74, 6) is 0.682. The number of aliphatic hydroxyl groups is 1. The Morgan fingerprint density at radius 1 is 1.32 bits per heavy atom. The van der Waals surface area contributed by atoms with Crippen molar-refractivity contribution in [1.82, 2.24) is 9.80 Å². The van der Waals surface area contributed by atoms with E-state index in [1.807, 2.05) is 58.2 Å². The van der Waals surface area contributed by atoms with Gasteiger partial charge in [0.2, 0.25) is 0 Å². The summed E-state index contributed by atoms with van der Waals surface area (Å²) < 4.78 is 6.26. The number of ether oxygens (including phenoxy) is 1. The Hall–Kier alpha value is -1.79. The second-order valence-corrected chi connectivity index (χ2v) is 7.46. The molecule has 3 atom stereocenters. The lowest BCUT2D eigenvalue weighted by Crippen LogP contribution is -2.49. The van der Waals surface area contributed by atoms with Crippen LogP contribution in [0, 0.1) is 5.92 Å². The molecule has 1 heterocycles. The number of aliphatic hydroxyl groups excluding tert-OH is 1. The predicted octanol–water partition coefficient (Wildman–Crippen LogP) is 1.53. The molecule has 6 heteroatoms. The van der Waals surface area contributed by atoms with Gasteiger partial charge < -0.3 is 24.5 Å². The fourth-order valence-electron chi connectivity index (χ4n) is 3.07. The number of anilines is 1. The average molecular weight is 349 g/mol. The number of hydrogen-bond donors (Lipinski definition) is 1. The normalized spacial score (nSPS) is 22.1. The zero-order chi connectivity index (χ0) is 18.7. The van der Waals surface area contributed by atoms with Gasteiger partial charge in [-0.3, -0.25) is 4.79 Å². The van der Waals surface area contributed by atoms with E-state index < -0.39 is 0 Å². The molecule has 1 N–H and O–H groups in total. The van der Waals surface area contributed by atoms with Crippen molar-refractivity contribution in [1.29, 1.82) is 0 Å². The SMILES string of the molecule is C[C@H]1CN([C@@H](C)CO)C(=O)c2cc(N(C)C)ccc2O[C@@H]1CN(C)C. The van der Waals surface area contributed by atoms with Crippen LogP contribution in [0.2, 0.25) is 0 Å². The van der Waals surface area contributed by atoms with Gasteiger partial charge in [-0.15, -0.1) is 0 Å². The van der Waals surface area contributed by atoms with Gasteiger partial charge in [0.1, 0.15) is 11.9 Å². The lowest BCUT2D eigenvalue weighted by molar-refractivity contribution is 0.0363. The third kappa shape index (κ3) is 4.44. The number of carbonyl (C=O) groups is 1. The predicted molar refractivity (Wildman–Crippen MR) is 100 cm³/mol. The minimum Gasteiger partial charge on any atom is -0.488 e. The fourth-order valence-corrected chi connectivity index (χ4v) is 3.07. The smallest absolute Gasteiger partial charge is 0.258 e. The minimum absolute atomic E-state index is 0.0274. The summed E-state index contributed by atoms with van der Waals surface area (Å²) in [4.78, 5) is 19.0. The van der Waals surface area contributed by atoms with Crippen molar-refractivity contribution in [2.75, 3.05) is 52.8 Å². The Bertz CT molecular complexity index is 604. The second-order valence-electron chi connectivity index (χ2n) is 7.46. The Kier molecular flexibility index (Phi) is 6.30. The number of benzene rings is 1. The van der Waals surface area contributed by atoms with Gasteiger partial charge in [0.15, 0.2) is 0 Å². The summed E-state index contributed by atoms with van der Waals surface area (Å²) in [6.45, 7) is 5.25. The maximum absolute atomic E-state index is 13.1. The lowest BCUT2D eigenvalue weighted by atomic mass is 9.99. The maximum Gasteiger partial charge on any atom is 0.258 e. The van der Waals surface area contributed by atoms with Crippen LogP contribution in [0.15, 0.2) is 18.2 Å². The van der Waals surface area contributed by atoms with Gasteiger partial charge in [-0.25, -0.2) is 0 Å². The fraction of sp³-hybridized carbons (Fsp3) is 0.632. The highest BCUT2D eigenvalue weighted by Crippen LogP contribution is 2.31. The van der Waals surface area contributed by atoms with E-state index >= 15 is 0 Å². The van der Waals surface area contributed by atoms with E-state index in [1.165, 1.54) is 0 Å². The van der Waals surface area contributed by atoms with Crippen molar-refractivity contribution in [2.45, 2.75) is 26.0 Å². The van der Waals surface area contributed by atoms with Crippen LogP contribution in [0.3, 0.4) is 0 Å². The van der Waals surface area contributed by atoms with Crippen LogP contribution in [-0.4, -0.2) is 80.8 Å². The summed E-state index contributed by atoms with van der Waals surface area (Å²) in [5, 5.41) is 9.61. The molecule has 25 heavy (non-hydrogen) atoms. The van der Waals surface area contributed by atoms with Crippen LogP contribution >= 0.6 is 0 Å². The molecule has 1 aliphatic rings. The summed E-state index contributed by atoms with van der Waals surface area (Å²) in [5.41, 5.74) is 1.51. The molecule has 0 aliphatic carbocycles. The highest BCUT2D eigenvalue weighted by atomic mass is 16.5. The van der Waals surface area contributed by atoms with Gasteiger partial charge in [-0.2, -0.15) is 0 Å². The first-order valence-corrected chi connectivity index (χ1v) is 8.79. The molecule has 1 aromatic carbocycles. The molecule has 1 aromatic rings. The number of rotatable bonds is 5. The first-order valence-electron chi connectivity index (χ1n) is 8.79. The number of likely N-dealkylation sites (N-methyl/N-ethyl adjacent to an activating group) is 1. The molecule has 0 radical (unpaired) electrons. The first-order chi connectivity index (χ1) is 11.7. The molecule has 2 rings (SSSR count). The monoisotopic (exact) mass is 349 g/mol. The van der Waals surface area contributed by atoms with Gasteiger partial charge in [0, 0.05) is 38.8 Å². The van der Waals surface area contributed by atoms with Crippen molar-refractivity contribution < 1.29 is 14.6 Å². The molecule has 0 aromatic heterocycles. The van der Waals surface area contributed by atoms with Crippen LogP contribution in [0.4, 0.5) is 5.69 Å². The van der Waals surface area contributed by atoms with E-state index in [9.17, 15) is 9.90 Å². The zero-order valence-electron chi connectivity index (χ0n) is 16.2. The van der Waals surface area contributed by atoms with Crippen LogP contribution in [0.5, 0.6) is 5.75 Å². The Balaban J connectivity index is 2.50. The summed E-state index contributed by atoms with van der Waals surface area (Å²) in [6.07, 6.45) is -0.0274. The van der Waals surface area contributed by atoms with E-state index in [-0.39, 0.29) is 30.6 Å². The minimum atomic E-state index is -0.232. The number of carbonyl (C=O) groups excluding carboxylic acids is 1. The Morgan fingerprint density at radius 3 is 2.56 bits per heavy atom. The van der Waals surface area contributed by atoms with Crippen LogP contribution in [0.25, 0.3) is 0 Å². The largest absolute Gasteiger partial charge is 0.488 e. The lowest BCUT2D eigenvalue weighted by Gasteiger charge is -2.38. The Labute approximate surface area is 151 Å². The molecule has 1 aliphatic heterocycles. The average Bonchev–Trinajstić information content (AvgIpc) is 2.56. The summed E-state index contributed by atoms with van der Waals surface area (Å²) in [7, 11) is 7.93. The molecule has 0 fully saturated rings. The molecule has 1 amide bonds. The van der Waals surface area contributed by atoms with E-state index in [0.29, 0.717) is 17.9 Å². The quantitative estimate of drug-likeness (QED) is 0.874. The molecule has 0 saturated carbocycles. The molecule has 6 nitrogen and oxygen atoms in total. The van der Waals surface area contributed by atoms with Gasteiger partial charge in [-0.05, 0) is 39.2 Å². The van der Waals surface area contributed by atoms with Crippen molar-refractivity contribution >= 4 is 11.6 Å². The second kappa shape index (κ2) is 8.06. The number of amides is 1. The number of hydrogen-bond acceptors (Lipinski definition) is 5. The molecule has 0 spiro atoms. The topological polar surface area (TPSA) is 56.3 Å². The van der Waals surface area contributed by atoms with Gasteiger partial charge in [0.05, 0.1) is 18.2 Å². The van der Waals surface area contributed by atoms with Crippen molar-refractivity contribution in [3.05, 3.63) is 23.8 Å². The zero-order valence-corrected chi connectivity index (χ0v) is 16.2. The van der Waals surface area contributed by atoms with Crippen molar-refractivity contribution in [2.24, 2.45) is 5.92 Å². The van der Waals surface area contributed by atoms with E-state index in [0.717, 1.165) is 12.2 Å². The highest BCUT2D eigenvalue weighted by molar-refractivity contribution is 5.98. The molecular weight excluding hydrogens is 318 g/mol. The number of nitrogens with zero attached hydrogens (tertiary/aromatic N) is 3. The van der Waals surface area contributed by atoms with Gasteiger partial charge in [-0.1, -0.05) is 6.92 Å². The summed E-state index contributed by atoms with van der Waals surface area (Å²) in [6, 6.07) is 5.48. The highest BCUT2D eigenvalue weighted by Gasteiger charge is 2.33. The van der Waals surface area contributed by atoms with Crippen LogP contribution in [0.1, 0.15) is 24.2 Å². The first kappa shape index (κ1) is 19.5. The van der Waals surface area contributed by atoms with E-state index in [4.69, 9.17) is 4.74 Å². The third-order valence-electron chi connectivity index (χ3n) is 4.71. The molecule has 0 bridgehead atoms.